The van der Waals surface area contributed by atoms with Crippen molar-refractivity contribution in [3.05, 3.63) is 85.1 Å². The van der Waals surface area contributed by atoms with E-state index in [0.29, 0.717) is 17.4 Å². The molecule has 0 radical (unpaired) electrons. The van der Waals surface area contributed by atoms with Gasteiger partial charge in [0.05, 0.1) is 34.4 Å². The molecule has 1 N–H and O–H groups in total. The van der Waals surface area contributed by atoms with Gasteiger partial charge in [-0.25, -0.2) is 4.79 Å². The average molecular weight is 827 g/mol. The minimum Gasteiger partial charge on any atom is -0.477 e. The Hall–Kier alpha value is -3.53. The van der Waals surface area contributed by atoms with Gasteiger partial charge in [0.15, 0.2) is 6.10 Å². The Morgan fingerprint density at radius 2 is 0.966 bits per heavy atom. The maximum absolute atomic E-state index is 12.7. The maximum Gasteiger partial charge on any atom is 0.361 e. The fraction of sp³-hybridized carbons (Fsp3) is 0.660. The molecule has 0 spiro atoms. The minimum absolute atomic E-state index is 0.172. The van der Waals surface area contributed by atoms with E-state index in [4.69, 9.17) is 18.9 Å². The summed E-state index contributed by atoms with van der Waals surface area (Å²) < 4.78 is 22.7. The van der Waals surface area contributed by atoms with Crippen molar-refractivity contribution in [1.29, 1.82) is 0 Å². The van der Waals surface area contributed by atoms with Gasteiger partial charge < -0.3 is 28.5 Å². The van der Waals surface area contributed by atoms with Gasteiger partial charge in [-0.15, -0.1) is 0 Å². The van der Waals surface area contributed by atoms with Gasteiger partial charge in [0.25, 0.3) is 6.29 Å². The summed E-state index contributed by atoms with van der Waals surface area (Å²) in [6.07, 6.45) is 49.3. The molecule has 0 amide bonds. The number of aliphatic carboxylic acids is 1. The summed E-state index contributed by atoms with van der Waals surface area (Å²) in [5.74, 6) is -2.10. The highest BCUT2D eigenvalue weighted by atomic mass is 16.7. The molecule has 0 rings (SSSR count). The number of nitrogens with zero attached hydrogens (tertiary/aromatic N) is 1. The van der Waals surface area contributed by atoms with E-state index in [1.165, 1.54) is 38.5 Å². The molecule has 59 heavy (non-hydrogen) atoms. The summed E-state index contributed by atoms with van der Waals surface area (Å²) in [4.78, 5) is 37.1. The number of carbonyl (C=O) groups excluding carboxylic acids is 2. The van der Waals surface area contributed by atoms with Crippen LogP contribution in [0.5, 0.6) is 0 Å². The molecule has 336 valence electrons. The van der Waals surface area contributed by atoms with Crippen molar-refractivity contribution in [1.82, 2.24) is 0 Å². The number of allylic oxidation sites excluding steroid dienone is 14. The molecule has 2 atom stereocenters. The van der Waals surface area contributed by atoms with Crippen LogP contribution in [0, 0.1) is 0 Å². The molecule has 0 aliphatic heterocycles. The van der Waals surface area contributed by atoms with E-state index in [9.17, 15) is 19.5 Å². The van der Waals surface area contributed by atoms with Crippen molar-refractivity contribution in [3.8, 4) is 0 Å². The Balaban J connectivity index is 4.52. The first-order chi connectivity index (χ1) is 28.6. The fourth-order valence-electron chi connectivity index (χ4n) is 5.60. The molecule has 2 unspecified atom stereocenters. The van der Waals surface area contributed by atoms with E-state index in [1.807, 2.05) is 21.1 Å². The van der Waals surface area contributed by atoms with E-state index < -0.39 is 24.3 Å². The Labute approximate surface area is 359 Å². The molecule has 0 aromatic carbocycles. The van der Waals surface area contributed by atoms with Crippen molar-refractivity contribution in [2.75, 3.05) is 47.5 Å². The molecule has 0 aliphatic rings. The Kier molecular flexibility index (Phi) is 38.7. The number of carboxylic acids is 1. The topological polar surface area (TPSA) is 108 Å². The smallest absolute Gasteiger partial charge is 0.361 e. The predicted octanol–water partition coefficient (Wildman–Crippen LogP) is 12.1. The molecular formula is C50H84NO8+. The lowest BCUT2D eigenvalue weighted by molar-refractivity contribution is -0.870. The van der Waals surface area contributed by atoms with Crippen LogP contribution in [0.15, 0.2) is 85.1 Å². The number of unbranched alkanes of at least 4 members (excludes halogenated alkanes) is 11. The second-order valence-electron chi connectivity index (χ2n) is 16.0. The molecule has 0 saturated heterocycles. The Bertz CT molecular complexity index is 1240. The van der Waals surface area contributed by atoms with Crippen molar-refractivity contribution in [2.24, 2.45) is 0 Å². The van der Waals surface area contributed by atoms with Gasteiger partial charge >= 0.3 is 17.9 Å². The van der Waals surface area contributed by atoms with Crippen LogP contribution in [0.4, 0.5) is 0 Å². The molecule has 0 heterocycles. The molecule has 0 aromatic heterocycles. The maximum atomic E-state index is 12.7. The van der Waals surface area contributed by atoms with E-state index in [0.717, 1.165) is 83.5 Å². The van der Waals surface area contributed by atoms with Gasteiger partial charge in [0.2, 0.25) is 0 Å². The standard InChI is InChI=1S/C50H83NO8/c1-6-8-10-12-14-16-18-20-22-23-24-25-27-28-30-32-34-36-38-40-47(52)57-44-46(45-58-50(49(54)55)56-43-42-51(3,4)5)59-48(53)41-39-37-35-33-31-29-26-21-19-17-15-13-11-9-7-2/h9,11,14-17,20-22,24-26,31,33,46,50H,6-8,10,12-13,18-19,23,27-30,32,34-45H2,1-5H3/p+1/b11-9-,16-14-,17-15-,22-20-,25-24-,26-21-,33-31-. The third kappa shape index (κ3) is 42.4. The lowest BCUT2D eigenvalue weighted by atomic mass is 10.1. The highest BCUT2D eigenvalue weighted by molar-refractivity contribution is 5.71. The summed E-state index contributed by atoms with van der Waals surface area (Å²) >= 11 is 0. The number of rotatable bonds is 40. The van der Waals surface area contributed by atoms with Crippen LogP contribution in [-0.4, -0.2) is 87.4 Å². The van der Waals surface area contributed by atoms with Gasteiger partial charge in [-0.1, -0.05) is 137 Å². The van der Waals surface area contributed by atoms with Gasteiger partial charge in [0, 0.05) is 12.8 Å². The second kappa shape index (κ2) is 41.2. The van der Waals surface area contributed by atoms with Gasteiger partial charge in [0.1, 0.15) is 13.2 Å². The first kappa shape index (κ1) is 55.5. The van der Waals surface area contributed by atoms with Crippen LogP contribution in [0.25, 0.3) is 0 Å². The summed E-state index contributed by atoms with van der Waals surface area (Å²) in [7, 11) is 5.93. The normalized spacial score (nSPS) is 13.7. The average Bonchev–Trinajstić information content (AvgIpc) is 3.19. The summed E-state index contributed by atoms with van der Waals surface area (Å²) in [6, 6.07) is 0. The van der Waals surface area contributed by atoms with Crippen molar-refractivity contribution < 1.29 is 42.9 Å². The third-order valence-corrected chi connectivity index (χ3v) is 9.14. The second-order valence-corrected chi connectivity index (χ2v) is 16.0. The Morgan fingerprint density at radius 3 is 1.47 bits per heavy atom. The zero-order chi connectivity index (χ0) is 43.5. The molecule has 0 aromatic rings. The minimum atomic E-state index is -1.53. The van der Waals surface area contributed by atoms with E-state index in [1.54, 1.807) is 0 Å². The van der Waals surface area contributed by atoms with Crippen LogP contribution < -0.4 is 0 Å². The number of ether oxygens (including phenoxy) is 4. The summed E-state index contributed by atoms with van der Waals surface area (Å²) in [5, 5.41) is 9.63. The fourth-order valence-corrected chi connectivity index (χ4v) is 5.60. The monoisotopic (exact) mass is 827 g/mol. The van der Waals surface area contributed by atoms with Gasteiger partial charge in [-0.2, -0.15) is 0 Å². The van der Waals surface area contributed by atoms with E-state index in [-0.39, 0.29) is 38.6 Å². The lowest BCUT2D eigenvalue weighted by Gasteiger charge is -2.25. The van der Waals surface area contributed by atoms with Crippen molar-refractivity contribution in [2.45, 2.75) is 167 Å². The number of likely N-dealkylation sites (N-methyl/N-ethyl adjacent to an activating group) is 1. The van der Waals surface area contributed by atoms with Crippen LogP contribution in [0.2, 0.25) is 0 Å². The lowest BCUT2D eigenvalue weighted by Crippen LogP contribution is -2.40. The summed E-state index contributed by atoms with van der Waals surface area (Å²) in [5.41, 5.74) is 0. The summed E-state index contributed by atoms with van der Waals surface area (Å²) in [6.45, 7) is 4.63. The number of carboxylic acid groups (broad SMARTS) is 1. The molecule has 9 heteroatoms. The highest BCUT2D eigenvalue weighted by Crippen LogP contribution is 2.12. The molecule has 0 fully saturated rings. The first-order valence-electron chi connectivity index (χ1n) is 22.8. The predicted molar refractivity (Wildman–Crippen MR) is 244 cm³/mol. The van der Waals surface area contributed by atoms with Gasteiger partial charge in [-0.3, -0.25) is 9.59 Å². The zero-order valence-corrected chi connectivity index (χ0v) is 37.9. The quantitative estimate of drug-likeness (QED) is 0.0214. The molecule has 0 aliphatic carbocycles. The zero-order valence-electron chi connectivity index (χ0n) is 37.9. The van der Waals surface area contributed by atoms with Crippen LogP contribution in [0.1, 0.15) is 155 Å². The number of hydrogen-bond acceptors (Lipinski definition) is 7. The van der Waals surface area contributed by atoms with E-state index >= 15 is 0 Å². The Morgan fingerprint density at radius 1 is 0.525 bits per heavy atom. The molecule has 0 bridgehead atoms. The molecule has 9 nitrogen and oxygen atoms in total. The first-order valence-corrected chi connectivity index (χ1v) is 22.8. The van der Waals surface area contributed by atoms with Crippen LogP contribution in [0.3, 0.4) is 0 Å². The van der Waals surface area contributed by atoms with E-state index in [2.05, 4.69) is 98.9 Å². The van der Waals surface area contributed by atoms with Crippen LogP contribution in [-0.2, 0) is 33.3 Å². The third-order valence-electron chi connectivity index (χ3n) is 9.14. The molecule has 0 saturated carbocycles. The number of carbonyl (C=O) groups is 3. The largest absolute Gasteiger partial charge is 0.477 e. The highest BCUT2D eigenvalue weighted by Gasteiger charge is 2.25. The van der Waals surface area contributed by atoms with Gasteiger partial charge in [-0.05, 0) is 89.9 Å². The number of hydrogen-bond donors (Lipinski definition) is 1. The molecular weight excluding hydrogens is 743 g/mol. The van der Waals surface area contributed by atoms with Crippen molar-refractivity contribution in [3.63, 3.8) is 0 Å². The van der Waals surface area contributed by atoms with Crippen molar-refractivity contribution >= 4 is 17.9 Å². The SMILES string of the molecule is CC/C=C\C/C=C\C/C=C\C/C=C\CCCCC(=O)OC(COC(=O)CCCCCCCC/C=C\C/C=C\C/C=C\CCCCC)COC(OCC[N+](C)(C)C)C(=O)O. The van der Waals surface area contributed by atoms with Crippen LogP contribution >= 0.6 is 0 Å². The number of quaternary nitrogens is 1. The number of esters is 2.